The van der Waals surface area contributed by atoms with Crippen molar-refractivity contribution in [3.8, 4) is 0 Å². The first-order chi connectivity index (χ1) is 3.77. The Morgan fingerprint density at radius 1 is 2.00 bits per heavy atom. The zero-order valence-electron chi connectivity index (χ0n) is 5.53. The summed E-state index contributed by atoms with van der Waals surface area (Å²) < 4.78 is 6.49. The Morgan fingerprint density at radius 2 is 2.71 bits per heavy atom. The van der Waals surface area contributed by atoms with Crippen molar-refractivity contribution in [2.75, 3.05) is 13.6 Å². The molecule has 0 aromatic carbocycles. The molecule has 0 fully saturated rings. The SMILES string of the molecule is [3H]C(=O)CCCNC. The van der Waals surface area contributed by atoms with E-state index >= 15 is 0 Å². The van der Waals surface area contributed by atoms with Gasteiger partial charge in [0.2, 0.25) is 0 Å². The predicted octanol–water partition coefficient (Wildman–Crippen LogP) is 0.185. The van der Waals surface area contributed by atoms with Crippen LogP contribution in [0.3, 0.4) is 0 Å². The summed E-state index contributed by atoms with van der Waals surface area (Å²) in [5.41, 5.74) is 0. The normalized spacial score (nSPS) is 10.7. The second-order valence-electron chi connectivity index (χ2n) is 1.35. The van der Waals surface area contributed by atoms with E-state index < -0.39 is 6.26 Å². The van der Waals surface area contributed by atoms with Crippen LogP contribution < -0.4 is 5.32 Å². The van der Waals surface area contributed by atoms with Gasteiger partial charge in [0.1, 0.15) is 7.63 Å². The fourth-order valence-electron chi connectivity index (χ4n) is 0.337. The number of nitrogens with one attached hydrogen (secondary N) is 1. The van der Waals surface area contributed by atoms with Crippen LogP contribution in [-0.4, -0.2) is 19.9 Å². The van der Waals surface area contributed by atoms with E-state index in [1.54, 1.807) is 0 Å². The summed E-state index contributed by atoms with van der Waals surface area (Å²) in [6.45, 7) is 0.824. The van der Waals surface area contributed by atoms with Crippen LogP contribution in [0.2, 0.25) is 0 Å². The molecule has 0 spiro atoms. The molecule has 42 valence electrons. The van der Waals surface area contributed by atoms with E-state index in [-0.39, 0.29) is 0 Å². The second kappa shape index (κ2) is 5.63. The molecule has 0 bridgehead atoms. The summed E-state index contributed by atoms with van der Waals surface area (Å²) in [7, 11) is 1.83. The fraction of sp³-hybridized carbons (Fsp3) is 0.800. The van der Waals surface area contributed by atoms with E-state index in [1.165, 1.54) is 0 Å². The molecule has 0 saturated heterocycles. The first-order valence-corrected chi connectivity index (χ1v) is 2.41. The van der Waals surface area contributed by atoms with Crippen LogP contribution in [0.1, 0.15) is 14.2 Å². The van der Waals surface area contributed by atoms with Crippen molar-refractivity contribution in [1.82, 2.24) is 5.32 Å². The predicted molar refractivity (Wildman–Crippen MR) is 29.2 cm³/mol. The average molecular weight is 103 g/mol. The monoisotopic (exact) mass is 103 g/mol. The van der Waals surface area contributed by atoms with Crippen LogP contribution in [0.15, 0.2) is 0 Å². The maximum Gasteiger partial charge on any atom is 0.120 e. The minimum atomic E-state index is -0.472. The van der Waals surface area contributed by atoms with Crippen LogP contribution in [-0.2, 0) is 4.79 Å². The highest BCUT2D eigenvalue weighted by Crippen LogP contribution is 1.77. The zero-order valence-corrected chi connectivity index (χ0v) is 4.53. The number of hydrogen-bond donors (Lipinski definition) is 1. The lowest BCUT2D eigenvalue weighted by atomic mass is 10.3. The molecule has 0 atom stereocenters. The van der Waals surface area contributed by atoms with Crippen LogP contribution in [0, 0.1) is 0 Å². The zero-order chi connectivity index (χ0) is 6.41. The van der Waals surface area contributed by atoms with Crippen LogP contribution in [0.5, 0.6) is 0 Å². The topological polar surface area (TPSA) is 29.1 Å². The molecule has 0 aliphatic rings. The van der Waals surface area contributed by atoms with Crippen molar-refractivity contribution < 1.29 is 6.17 Å². The molecule has 0 unspecified atom stereocenters. The number of rotatable bonds is 4. The van der Waals surface area contributed by atoms with Crippen LogP contribution >= 0.6 is 0 Å². The van der Waals surface area contributed by atoms with E-state index in [0.717, 1.165) is 13.0 Å². The molecule has 2 heteroatoms. The van der Waals surface area contributed by atoms with Gasteiger partial charge in [0, 0.05) is 6.42 Å². The quantitative estimate of drug-likeness (QED) is 0.406. The van der Waals surface area contributed by atoms with Crippen molar-refractivity contribution in [3.05, 3.63) is 0 Å². The third kappa shape index (κ3) is 5.63. The Bertz CT molecular complexity index is 74.8. The summed E-state index contributed by atoms with van der Waals surface area (Å²) in [5, 5.41) is 2.89. The molecule has 0 aliphatic carbocycles. The number of hydrogen-bond acceptors (Lipinski definition) is 2. The van der Waals surface area contributed by atoms with Crippen molar-refractivity contribution >= 4 is 6.26 Å². The van der Waals surface area contributed by atoms with Crippen LogP contribution in [0.25, 0.3) is 0 Å². The van der Waals surface area contributed by atoms with E-state index in [0.29, 0.717) is 6.42 Å². The van der Waals surface area contributed by atoms with Gasteiger partial charge in [0.25, 0.3) is 0 Å². The molecule has 1 N–H and O–H groups in total. The number of carbonyl (C=O) groups excluding carboxylic acids is 1. The van der Waals surface area contributed by atoms with Gasteiger partial charge in [-0.05, 0) is 20.0 Å². The lowest BCUT2D eigenvalue weighted by Gasteiger charge is -1.89. The van der Waals surface area contributed by atoms with Gasteiger partial charge in [0.05, 0.1) is 0 Å². The molecular weight excluding hydrogens is 90.1 g/mol. The highest BCUT2D eigenvalue weighted by Gasteiger charge is 1.78. The van der Waals surface area contributed by atoms with E-state index in [9.17, 15) is 4.79 Å². The van der Waals surface area contributed by atoms with Crippen molar-refractivity contribution in [1.29, 1.82) is 0 Å². The maximum atomic E-state index is 9.96. The molecule has 0 rings (SSSR count). The Balaban J connectivity index is 2.82. The van der Waals surface area contributed by atoms with Gasteiger partial charge in [-0.1, -0.05) is 0 Å². The van der Waals surface area contributed by atoms with Crippen molar-refractivity contribution in [2.45, 2.75) is 12.8 Å². The first-order valence-electron chi connectivity index (χ1n) is 2.91. The average Bonchev–Trinajstić information content (AvgIpc) is 1.66. The van der Waals surface area contributed by atoms with Gasteiger partial charge in [-0.15, -0.1) is 0 Å². The molecule has 0 aromatic rings. The Labute approximate surface area is 45.3 Å². The summed E-state index contributed by atoms with van der Waals surface area (Å²) in [4.78, 5) is 9.96. The molecule has 2 nitrogen and oxygen atoms in total. The van der Waals surface area contributed by atoms with Crippen molar-refractivity contribution in [3.63, 3.8) is 0 Å². The molecule has 0 aromatic heterocycles. The first kappa shape index (κ1) is 4.78. The summed E-state index contributed by atoms with van der Waals surface area (Å²) >= 11 is 0. The standard InChI is InChI=1S/C5H11NO/c1-6-4-2-3-5-7/h5-6H,2-4H2,1H3/i5T. The highest BCUT2D eigenvalue weighted by atomic mass is 16.1. The minimum absolute atomic E-state index is 0.376. The Morgan fingerprint density at radius 3 is 3.14 bits per heavy atom. The largest absolute Gasteiger partial charge is 0.320 e. The lowest BCUT2D eigenvalue weighted by molar-refractivity contribution is -0.107. The van der Waals surface area contributed by atoms with Gasteiger partial charge in [0.15, 0.2) is 0 Å². The third-order valence-corrected chi connectivity index (χ3v) is 0.706. The van der Waals surface area contributed by atoms with Crippen molar-refractivity contribution in [2.24, 2.45) is 0 Å². The molecule has 0 radical (unpaired) electrons. The Hall–Kier alpha value is -0.370. The van der Waals surface area contributed by atoms with Gasteiger partial charge < -0.3 is 10.1 Å². The fourth-order valence-corrected chi connectivity index (χ4v) is 0.337. The van der Waals surface area contributed by atoms with E-state index in [2.05, 4.69) is 5.32 Å². The van der Waals surface area contributed by atoms with Gasteiger partial charge >= 0.3 is 0 Å². The second-order valence-corrected chi connectivity index (χ2v) is 1.35. The third-order valence-electron chi connectivity index (χ3n) is 0.706. The van der Waals surface area contributed by atoms with Gasteiger partial charge in [-0.2, -0.15) is 0 Å². The molecular formula is C5H11NO. The molecule has 0 amide bonds. The van der Waals surface area contributed by atoms with Crippen LogP contribution in [0.4, 0.5) is 0 Å². The van der Waals surface area contributed by atoms with Gasteiger partial charge in [-0.25, -0.2) is 0 Å². The summed E-state index contributed by atoms with van der Waals surface area (Å²) in [5.74, 6) is 0. The molecule has 0 aliphatic heterocycles. The smallest absolute Gasteiger partial charge is 0.120 e. The molecule has 0 saturated carbocycles. The lowest BCUT2D eigenvalue weighted by Crippen LogP contribution is -2.06. The molecule has 0 heterocycles. The summed E-state index contributed by atoms with van der Waals surface area (Å²) in [6.07, 6.45) is 0.680. The number of carbonyl (C=O) groups is 1. The number of aldehydes is 1. The van der Waals surface area contributed by atoms with Gasteiger partial charge in [-0.3, -0.25) is 0 Å². The molecule has 7 heavy (non-hydrogen) atoms. The maximum absolute atomic E-state index is 9.96. The Kier molecular flexibility index (Phi) is 3.85. The van der Waals surface area contributed by atoms with E-state index in [4.69, 9.17) is 1.37 Å². The minimum Gasteiger partial charge on any atom is -0.320 e. The summed E-state index contributed by atoms with van der Waals surface area (Å²) in [6, 6.07) is 0. The highest BCUT2D eigenvalue weighted by molar-refractivity contribution is 5.48. The van der Waals surface area contributed by atoms with E-state index in [1.807, 2.05) is 7.05 Å².